The Morgan fingerprint density at radius 1 is 1.11 bits per heavy atom. The van der Waals surface area contributed by atoms with Crippen molar-refractivity contribution in [2.75, 3.05) is 19.6 Å². The Morgan fingerprint density at radius 2 is 1.86 bits per heavy atom. The third-order valence-electron chi connectivity index (χ3n) is 6.27. The average Bonchev–Trinajstić information content (AvgIpc) is 3.17. The predicted molar refractivity (Wildman–Crippen MR) is 113 cm³/mol. The van der Waals surface area contributed by atoms with E-state index in [4.69, 9.17) is 21.4 Å². The summed E-state index contributed by atoms with van der Waals surface area (Å²) in [6, 6.07) is 16.7. The van der Waals surface area contributed by atoms with Crippen LogP contribution in [0.1, 0.15) is 49.8 Å². The molecule has 5 heteroatoms. The van der Waals surface area contributed by atoms with E-state index in [0.29, 0.717) is 0 Å². The van der Waals surface area contributed by atoms with E-state index in [-0.39, 0.29) is 11.8 Å². The smallest absolute Gasteiger partial charge is 0.200 e. The van der Waals surface area contributed by atoms with Crippen LogP contribution in [0, 0.1) is 0 Å². The number of ether oxygens (including phenoxy) is 1. The predicted octanol–water partition coefficient (Wildman–Crippen LogP) is 5.09. The SMILES string of the molecule is CCCN1CCC2(CC1)Oc1ccccc1[C@@H]1CC(c3ccccc3Cl)=NN12. The molecule has 1 fully saturated rings. The molecular weight excluding hydrogens is 370 g/mol. The fourth-order valence-electron chi connectivity index (χ4n) is 4.86. The van der Waals surface area contributed by atoms with Crippen LogP contribution < -0.4 is 4.74 Å². The molecule has 0 aliphatic carbocycles. The molecule has 1 atom stereocenters. The maximum atomic E-state index is 6.67. The third kappa shape index (κ3) is 2.90. The minimum atomic E-state index is -0.355. The molecule has 28 heavy (non-hydrogen) atoms. The highest BCUT2D eigenvalue weighted by atomic mass is 35.5. The second-order valence-electron chi connectivity index (χ2n) is 8.02. The molecule has 0 aromatic heterocycles. The molecule has 1 saturated heterocycles. The zero-order valence-corrected chi connectivity index (χ0v) is 17.0. The maximum absolute atomic E-state index is 6.67. The first kappa shape index (κ1) is 18.0. The lowest BCUT2D eigenvalue weighted by Crippen LogP contribution is -2.59. The van der Waals surface area contributed by atoms with Gasteiger partial charge in [-0.15, -0.1) is 0 Å². The molecule has 5 rings (SSSR count). The molecule has 3 aliphatic heterocycles. The van der Waals surface area contributed by atoms with Crippen molar-refractivity contribution in [2.24, 2.45) is 5.10 Å². The first-order valence-electron chi connectivity index (χ1n) is 10.3. The second kappa shape index (κ2) is 7.09. The zero-order chi connectivity index (χ0) is 19.1. The van der Waals surface area contributed by atoms with Crippen LogP contribution >= 0.6 is 11.6 Å². The number of rotatable bonds is 3. The van der Waals surface area contributed by atoms with E-state index in [1.54, 1.807) is 0 Å². The number of piperidine rings is 1. The molecule has 4 nitrogen and oxygen atoms in total. The van der Waals surface area contributed by atoms with Gasteiger partial charge in [-0.25, -0.2) is 5.01 Å². The first-order valence-corrected chi connectivity index (χ1v) is 10.7. The summed E-state index contributed by atoms with van der Waals surface area (Å²) in [6.45, 7) is 5.50. The number of fused-ring (bicyclic) bond motifs is 4. The van der Waals surface area contributed by atoms with E-state index < -0.39 is 0 Å². The Kier molecular flexibility index (Phi) is 4.56. The van der Waals surface area contributed by atoms with Gasteiger partial charge >= 0.3 is 0 Å². The molecule has 2 aromatic rings. The quantitative estimate of drug-likeness (QED) is 0.724. The molecule has 3 heterocycles. The largest absolute Gasteiger partial charge is 0.466 e. The van der Waals surface area contributed by atoms with Crippen LogP contribution in [0.5, 0.6) is 5.75 Å². The number of para-hydroxylation sites is 1. The maximum Gasteiger partial charge on any atom is 0.200 e. The van der Waals surface area contributed by atoms with E-state index in [1.807, 2.05) is 18.2 Å². The van der Waals surface area contributed by atoms with Gasteiger partial charge in [0.25, 0.3) is 0 Å². The molecule has 0 N–H and O–H groups in total. The number of likely N-dealkylation sites (tertiary alicyclic amines) is 1. The van der Waals surface area contributed by atoms with Crippen LogP contribution in [0.15, 0.2) is 53.6 Å². The summed E-state index contributed by atoms with van der Waals surface area (Å²) in [4.78, 5) is 2.54. The number of hydrogen-bond acceptors (Lipinski definition) is 4. The van der Waals surface area contributed by atoms with E-state index in [9.17, 15) is 0 Å². The molecule has 1 spiro atoms. The van der Waals surface area contributed by atoms with Crippen molar-refractivity contribution in [3.8, 4) is 5.75 Å². The summed E-state index contributed by atoms with van der Waals surface area (Å²) < 4.78 is 6.67. The van der Waals surface area contributed by atoms with Crippen LogP contribution in [0.3, 0.4) is 0 Å². The van der Waals surface area contributed by atoms with E-state index in [2.05, 4.69) is 47.2 Å². The van der Waals surface area contributed by atoms with Gasteiger partial charge in [-0.05, 0) is 25.1 Å². The van der Waals surface area contributed by atoms with Crippen LogP contribution in [-0.4, -0.2) is 41.0 Å². The topological polar surface area (TPSA) is 28.1 Å². The number of nitrogens with zero attached hydrogens (tertiary/aromatic N) is 3. The lowest BCUT2D eigenvalue weighted by atomic mass is 9.90. The van der Waals surface area contributed by atoms with Crippen LogP contribution in [-0.2, 0) is 0 Å². The molecule has 146 valence electrons. The number of hydrogen-bond donors (Lipinski definition) is 0. The van der Waals surface area contributed by atoms with Crippen molar-refractivity contribution in [3.63, 3.8) is 0 Å². The highest BCUT2D eigenvalue weighted by Crippen LogP contribution is 2.50. The lowest BCUT2D eigenvalue weighted by molar-refractivity contribution is -0.149. The summed E-state index contributed by atoms with van der Waals surface area (Å²) in [7, 11) is 0. The van der Waals surface area contributed by atoms with Gasteiger partial charge in [0.15, 0.2) is 0 Å². The second-order valence-corrected chi connectivity index (χ2v) is 8.43. The van der Waals surface area contributed by atoms with Gasteiger partial charge in [0, 0.05) is 48.5 Å². The average molecular weight is 396 g/mol. The standard InChI is InChI=1S/C23H26ClN3O/c1-2-13-26-14-11-23(12-15-26)27-21(18-8-4-6-10-22(18)28-23)16-20(25-27)17-7-3-5-9-19(17)24/h3-10,21H,2,11-16H2,1H3/t21-/m0/s1. The molecule has 2 aromatic carbocycles. The minimum Gasteiger partial charge on any atom is -0.466 e. The third-order valence-corrected chi connectivity index (χ3v) is 6.60. The lowest BCUT2D eigenvalue weighted by Gasteiger charge is -2.51. The van der Waals surface area contributed by atoms with Crippen molar-refractivity contribution in [1.29, 1.82) is 0 Å². The van der Waals surface area contributed by atoms with Gasteiger partial charge in [0.05, 0.1) is 11.8 Å². The number of hydrazone groups is 1. The van der Waals surface area contributed by atoms with Crippen molar-refractivity contribution >= 4 is 17.3 Å². The summed E-state index contributed by atoms with van der Waals surface area (Å²) >= 11 is 6.50. The summed E-state index contributed by atoms with van der Waals surface area (Å²) in [5.41, 5.74) is 2.97. The van der Waals surface area contributed by atoms with E-state index in [0.717, 1.165) is 60.9 Å². The van der Waals surface area contributed by atoms with Crippen LogP contribution in [0.4, 0.5) is 0 Å². The number of halogens is 1. The summed E-state index contributed by atoms with van der Waals surface area (Å²) in [5, 5.41) is 8.14. The Bertz CT molecular complexity index is 904. The Labute approximate surface area is 171 Å². The fraction of sp³-hybridized carbons (Fsp3) is 0.435. The fourth-order valence-corrected chi connectivity index (χ4v) is 5.10. The Balaban J connectivity index is 1.53. The molecule has 0 radical (unpaired) electrons. The molecule has 0 unspecified atom stereocenters. The molecule has 0 saturated carbocycles. The molecule has 0 amide bonds. The summed E-state index contributed by atoms with van der Waals surface area (Å²) in [6.07, 6.45) is 4.00. The van der Waals surface area contributed by atoms with E-state index >= 15 is 0 Å². The summed E-state index contributed by atoms with van der Waals surface area (Å²) in [5.74, 6) is 1.02. The molecule has 0 bridgehead atoms. The van der Waals surface area contributed by atoms with Crippen molar-refractivity contribution < 1.29 is 4.74 Å². The van der Waals surface area contributed by atoms with E-state index in [1.165, 1.54) is 12.0 Å². The monoisotopic (exact) mass is 395 g/mol. The van der Waals surface area contributed by atoms with Crippen molar-refractivity contribution in [3.05, 3.63) is 64.7 Å². The highest BCUT2D eigenvalue weighted by Gasteiger charge is 2.51. The van der Waals surface area contributed by atoms with Crippen molar-refractivity contribution in [2.45, 2.75) is 44.4 Å². The molecule has 3 aliphatic rings. The van der Waals surface area contributed by atoms with Gasteiger partial charge in [-0.2, -0.15) is 5.10 Å². The normalized spacial score (nSPS) is 23.1. The zero-order valence-electron chi connectivity index (χ0n) is 16.3. The van der Waals surface area contributed by atoms with Gasteiger partial charge < -0.3 is 9.64 Å². The van der Waals surface area contributed by atoms with Gasteiger partial charge in [-0.3, -0.25) is 0 Å². The highest BCUT2D eigenvalue weighted by molar-refractivity contribution is 6.34. The Morgan fingerprint density at radius 3 is 2.64 bits per heavy atom. The Hall–Kier alpha value is -2.04. The minimum absolute atomic E-state index is 0.217. The van der Waals surface area contributed by atoms with Crippen LogP contribution in [0.2, 0.25) is 5.02 Å². The van der Waals surface area contributed by atoms with Gasteiger partial charge in [0.2, 0.25) is 5.72 Å². The van der Waals surface area contributed by atoms with Gasteiger partial charge in [-0.1, -0.05) is 54.9 Å². The van der Waals surface area contributed by atoms with Crippen LogP contribution in [0.25, 0.3) is 0 Å². The van der Waals surface area contributed by atoms with Gasteiger partial charge in [0.1, 0.15) is 5.75 Å². The first-order chi connectivity index (χ1) is 13.7. The number of benzene rings is 2. The van der Waals surface area contributed by atoms with Crippen molar-refractivity contribution in [1.82, 2.24) is 9.91 Å². The molecular formula is C23H26ClN3O.